The monoisotopic (exact) mass is 560 g/mol. The third-order valence-corrected chi connectivity index (χ3v) is 8.68. The summed E-state index contributed by atoms with van der Waals surface area (Å²) in [4.78, 5) is 37.4. The normalized spacial score (nSPS) is 17.1. The van der Waals surface area contributed by atoms with Crippen LogP contribution in [0.25, 0.3) is 6.08 Å². The Morgan fingerprint density at radius 2 is 1.77 bits per heavy atom. The number of hydrogen-bond acceptors (Lipinski definition) is 7. The van der Waals surface area contributed by atoms with Gasteiger partial charge in [-0.25, -0.2) is 4.99 Å². The summed E-state index contributed by atoms with van der Waals surface area (Å²) in [7, 11) is 3.18. The maximum Gasteiger partial charge on any atom is 0.271 e. The summed E-state index contributed by atoms with van der Waals surface area (Å²) in [6, 6.07) is 13.1. The van der Waals surface area contributed by atoms with Crippen LogP contribution in [0.3, 0.4) is 0 Å². The number of carbonyl (C=O) groups is 1. The SMILES string of the molecule is CCN(CC)C(=O)C1=C(C)N=c2s/c(=C\c3ccc(N4CCCC4)cc3)c(=O)n2[C@@H]1c1cc(OC)ccc1OC. The Hall–Kier alpha value is -3.85. The molecule has 0 N–H and O–H groups in total. The lowest BCUT2D eigenvalue weighted by atomic mass is 9.93. The van der Waals surface area contributed by atoms with E-state index in [4.69, 9.17) is 14.5 Å². The van der Waals surface area contributed by atoms with E-state index >= 15 is 0 Å². The molecule has 9 heteroatoms. The first-order valence-electron chi connectivity index (χ1n) is 13.8. The van der Waals surface area contributed by atoms with Gasteiger partial charge in [0, 0.05) is 37.4 Å². The molecule has 3 aromatic rings. The highest BCUT2D eigenvalue weighted by atomic mass is 32.1. The van der Waals surface area contributed by atoms with E-state index in [1.807, 2.05) is 32.9 Å². The van der Waals surface area contributed by atoms with Gasteiger partial charge in [0.05, 0.1) is 30.0 Å². The number of fused-ring (bicyclic) bond motifs is 1. The molecule has 2 aromatic carbocycles. The number of thiazole rings is 1. The predicted octanol–water partition coefficient (Wildman–Crippen LogP) is 3.72. The molecule has 0 radical (unpaired) electrons. The highest BCUT2D eigenvalue weighted by Gasteiger charge is 2.36. The van der Waals surface area contributed by atoms with E-state index in [0.717, 1.165) is 18.7 Å². The van der Waals surface area contributed by atoms with Crippen LogP contribution in [-0.2, 0) is 4.79 Å². The fourth-order valence-corrected chi connectivity index (χ4v) is 6.58. The van der Waals surface area contributed by atoms with Gasteiger partial charge >= 0.3 is 0 Å². The van der Waals surface area contributed by atoms with Crippen LogP contribution in [0.1, 0.15) is 50.8 Å². The van der Waals surface area contributed by atoms with Crippen LogP contribution in [0.2, 0.25) is 0 Å². The molecule has 1 saturated heterocycles. The average molecular weight is 561 g/mol. The Morgan fingerprint density at radius 3 is 2.40 bits per heavy atom. The maximum absolute atomic E-state index is 14.1. The van der Waals surface area contributed by atoms with E-state index in [0.29, 0.717) is 50.8 Å². The molecule has 1 aromatic heterocycles. The number of likely N-dealkylation sites (N-methyl/N-ethyl adjacent to an activating group) is 1. The molecule has 0 spiro atoms. The second-order valence-electron chi connectivity index (χ2n) is 9.95. The van der Waals surface area contributed by atoms with Gasteiger partial charge in [-0.3, -0.25) is 14.2 Å². The molecule has 210 valence electrons. The van der Waals surface area contributed by atoms with Crippen molar-refractivity contribution in [1.82, 2.24) is 9.47 Å². The number of ether oxygens (including phenoxy) is 2. The molecule has 2 aliphatic rings. The second kappa shape index (κ2) is 11.7. The van der Waals surface area contributed by atoms with E-state index in [2.05, 4.69) is 29.2 Å². The molecule has 0 saturated carbocycles. The number of hydrogen-bond donors (Lipinski definition) is 0. The van der Waals surface area contributed by atoms with E-state index in [1.54, 1.807) is 35.8 Å². The summed E-state index contributed by atoms with van der Waals surface area (Å²) in [6.07, 6.45) is 4.35. The third kappa shape index (κ3) is 5.06. The van der Waals surface area contributed by atoms with Gasteiger partial charge in [0.1, 0.15) is 17.5 Å². The van der Waals surface area contributed by atoms with Crippen LogP contribution in [0.15, 0.2) is 63.5 Å². The average Bonchev–Trinajstić information content (AvgIpc) is 3.61. The Kier molecular flexibility index (Phi) is 8.12. The number of carbonyl (C=O) groups excluding carboxylic acids is 1. The molecule has 2 aliphatic heterocycles. The topological polar surface area (TPSA) is 76.4 Å². The van der Waals surface area contributed by atoms with Crippen molar-refractivity contribution in [1.29, 1.82) is 0 Å². The van der Waals surface area contributed by atoms with Crippen molar-refractivity contribution < 1.29 is 14.3 Å². The van der Waals surface area contributed by atoms with Crippen LogP contribution in [0.4, 0.5) is 5.69 Å². The minimum absolute atomic E-state index is 0.145. The number of rotatable bonds is 8. The quantitative estimate of drug-likeness (QED) is 0.420. The van der Waals surface area contributed by atoms with Gasteiger partial charge in [-0.15, -0.1) is 0 Å². The molecular weight excluding hydrogens is 524 g/mol. The van der Waals surface area contributed by atoms with Crippen molar-refractivity contribution in [3.05, 3.63) is 84.5 Å². The highest BCUT2D eigenvalue weighted by molar-refractivity contribution is 7.07. The lowest BCUT2D eigenvalue weighted by Crippen LogP contribution is -2.43. The second-order valence-corrected chi connectivity index (χ2v) is 11.0. The van der Waals surface area contributed by atoms with E-state index < -0.39 is 6.04 Å². The molecule has 5 rings (SSSR count). The molecule has 1 atom stereocenters. The van der Waals surface area contributed by atoms with Crippen LogP contribution in [0.5, 0.6) is 11.5 Å². The van der Waals surface area contributed by atoms with Gasteiger partial charge in [0.15, 0.2) is 4.80 Å². The molecule has 1 amide bonds. The van der Waals surface area contributed by atoms with Gasteiger partial charge in [-0.05, 0) is 75.6 Å². The van der Waals surface area contributed by atoms with Crippen molar-refractivity contribution in [2.24, 2.45) is 4.99 Å². The van der Waals surface area contributed by atoms with E-state index in [9.17, 15) is 9.59 Å². The van der Waals surface area contributed by atoms with Gasteiger partial charge in [0.25, 0.3) is 11.5 Å². The molecule has 8 nitrogen and oxygen atoms in total. The number of allylic oxidation sites excluding steroid dienone is 1. The lowest BCUT2D eigenvalue weighted by Gasteiger charge is -2.30. The van der Waals surface area contributed by atoms with Gasteiger partial charge in [-0.2, -0.15) is 0 Å². The van der Waals surface area contributed by atoms with Crippen LogP contribution in [-0.4, -0.2) is 55.8 Å². The zero-order chi connectivity index (χ0) is 28.4. The Bertz CT molecular complexity index is 1610. The number of benzene rings is 2. The summed E-state index contributed by atoms with van der Waals surface area (Å²) >= 11 is 1.33. The summed E-state index contributed by atoms with van der Waals surface area (Å²) in [5.41, 5.74) is 3.68. The minimum Gasteiger partial charge on any atom is -0.497 e. The van der Waals surface area contributed by atoms with E-state index in [-0.39, 0.29) is 11.5 Å². The Morgan fingerprint density at radius 1 is 1.07 bits per heavy atom. The molecule has 0 aliphatic carbocycles. The summed E-state index contributed by atoms with van der Waals surface area (Å²) in [5, 5.41) is 0. The maximum atomic E-state index is 14.1. The number of nitrogens with zero attached hydrogens (tertiary/aromatic N) is 4. The summed E-state index contributed by atoms with van der Waals surface area (Å²) in [6.45, 7) is 8.99. The van der Waals surface area contributed by atoms with E-state index in [1.165, 1.54) is 29.9 Å². The Labute approximate surface area is 238 Å². The molecule has 0 bridgehead atoms. The number of methoxy groups -OCH3 is 2. The minimum atomic E-state index is -0.714. The molecule has 3 heterocycles. The lowest BCUT2D eigenvalue weighted by molar-refractivity contribution is -0.127. The van der Waals surface area contributed by atoms with Crippen molar-refractivity contribution >= 4 is 29.0 Å². The van der Waals surface area contributed by atoms with Crippen molar-refractivity contribution in [2.45, 2.75) is 39.7 Å². The molecule has 0 unspecified atom stereocenters. The first-order chi connectivity index (χ1) is 19.4. The largest absolute Gasteiger partial charge is 0.497 e. The predicted molar refractivity (Wildman–Crippen MR) is 159 cm³/mol. The van der Waals surface area contributed by atoms with Crippen LogP contribution < -0.4 is 29.3 Å². The van der Waals surface area contributed by atoms with Crippen LogP contribution >= 0.6 is 11.3 Å². The number of anilines is 1. The first-order valence-corrected chi connectivity index (χ1v) is 14.6. The summed E-state index contributed by atoms with van der Waals surface area (Å²) in [5.74, 6) is 1.03. The smallest absolute Gasteiger partial charge is 0.271 e. The zero-order valence-corrected chi connectivity index (χ0v) is 24.6. The van der Waals surface area contributed by atoms with Gasteiger partial charge < -0.3 is 19.3 Å². The standard InChI is InChI=1S/C31H36N4O4S/c1-6-33(7-2)30(37)27-20(3)32-31-35(28(27)24-19-23(38-4)14-15-25(24)39-5)29(36)26(40-31)18-21-10-12-22(13-11-21)34-16-8-9-17-34/h10-15,18-19,28H,6-9,16-17H2,1-5H3/b26-18-/t28-/m1/s1. The number of aromatic nitrogens is 1. The number of amides is 1. The fourth-order valence-electron chi connectivity index (χ4n) is 5.53. The molecular formula is C31H36N4O4S. The molecule has 40 heavy (non-hydrogen) atoms. The summed E-state index contributed by atoms with van der Waals surface area (Å²) < 4.78 is 13.4. The van der Waals surface area contributed by atoms with Gasteiger partial charge in [0.2, 0.25) is 0 Å². The van der Waals surface area contributed by atoms with Crippen LogP contribution in [0, 0.1) is 0 Å². The Balaban J connectivity index is 1.67. The van der Waals surface area contributed by atoms with Gasteiger partial charge in [-0.1, -0.05) is 23.5 Å². The van der Waals surface area contributed by atoms with Crippen molar-refractivity contribution in [3.8, 4) is 11.5 Å². The fraction of sp³-hybridized carbons (Fsp3) is 0.387. The first kappa shape index (κ1) is 27.7. The molecule has 1 fully saturated rings. The zero-order valence-electron chi connectivity index (χ0n) is 23.8. The third-order valence-electron chi connectivity index (χ3n) is 7.70. The van der Waals surface area contributed by atoms with Crippen molar-refractivity contribution in [3.63, 3.8) is 0 Å². The highest BCUT2D eigenvalue weighted by Crippen LogP contribution is 2.38. The van der Waals surface area contributed by atoms with Crippen molar-refractivity contribution in [2.75, 3.05) is 45.3 Å².